The molecule has 1 aromatic carbocycles. The van der Waals surface area contributed by atoms with Crippen LogP contribution in [0.5, 0.6) is 5.75 Å². The van der Waals surface area contributed by atoms with Gasteiger partial charge in [0.05, 0.1) is 13.2 Å². The predicted octanol–water partition coefficient (Wildman–Crippen LogP) is 2.58. The first-order chi connectivity index (χ1) is 9.15. The topological polar surface area (TPSA) is 38.8 Å². The Hall–Kier alpha value is -1.55. The SMILES string of the molecule is CCOC(=O)c1ccccc1OCCCCN(C)C. The molecule has 0 radical (unpaired) electrons. The highest BCUT2D eigenvalue weighted by molar-refractivity contribution is 5.92. The lowest BCUT2D eigenvalue weighted by Gasteiger charge is -2.12. The van der Waals surface area contributed by atoms with Gasteiger partial charge >= 0.3 is 5.97 Å². The number of esters is 1. The maximum Gasteiger partial charge on any atom is 0.341 e. The fourth-order valence-corrected chi connectivity index (χ4v) is 1.68. The second-order valence-corrected chi connectivity index (χ2v) is 4.58. The van der Waals surface area contributed by atoms with Gasteiger partial charge in [-0.1, -0.05) is 12.1 Å². The van der Waals surface area contributed by atoms with Crippen LogP contribution in [0.15, 0.2) is 24.3 Å². The van der Waals surface area contributed by atoms with Crippen molar-refractivity contribution in [2.45, 2.75) is 19.8 Å². The molecule has 0 aliphatic carbocycles. The molecule has 4 nitrogen and oxygen atoms in total. The lowest BCUT2D eigenvalue weighted by atomic mass is 10.2. The Morgan fingerprint density at radius 1 is 1.21 bits per heavy atom. The molecule has 19 heavy (non-hydrogen) atoms. The van der Waals surface area contributed by atoms with E-state index in [2.05, 4.69) is 19.0 Å². The van der Waals surface area contributed by atoms with Crippen LogP contribution >= 0.6 is 0 Å². The smallest absolute Gasteiger partial charge is 0.341 e. The number of benzene rings is 1. The highest BCUT2D eigenvalue weighted by Gasteiger charge is 2.12. The van der Waals surface area contributed by atoms with E-state index in [-0.39, 0.29) is 5.97 Å². The van der Waals surface area contributed by atoms with Gasteiger partial charge < -0.3 is 14.4 Å². The number of nitrogens with zero attached hydrogens (tertiary/aromatic N) is 1. The molecule has 0 spiro atoms. The van der Waals surface area contributed by atoms with E-state index in [1.54, 1.807) is 19.1 Å². The van der Waals surface area contributed by atoms with Crippen molar-refractivity contribution in [2.75, 3.05) is 33.9 Å². The summed E-state index contributed by atoms with van der Waals surface area (Å²) in [6.07, 6.45) is 2.05. The first-order valence-electron chi connectivity index (χ1n) is 6.68. The van der Waals surface area contributed by atoms with E-state index in [1.165, 1.54) is 0 Å². The quantitative estimate of drug-likeness (QED) is 0.535. The molecule has 0 heterocycles. The summed E-state index contributed by atoms with van der Waals surface area (Å²) < 4.78 is 10.7. The fraction of sp³-hybridized carbons (Fsp3) is 0.533. The number of hydrogen-bond donors (Lipinski definition) is 0. The minimum Gasteiger partial charge on any atom is -0.493 e. The average Bonchev–Trinajstić information content (AvgIpc) is 2.38. The molecule has 106 valence electrons. The van der Waals surface area contributed by atoms with Gasteiger partial charge in [0.15, 0.2) is 0 Å². The summed E-state index contributed by atoms with van der Waals surface area (Å²) in [5.74, 6) is 0.275. The Bertz CT molecular complexity index is 391. The molecule has 0 N–H and O–H groups in total. The maximum absolute atomic E-state index is 11.7. The van der Waals surface area contributed by atoms with Crippen LogP contribution in [0.25, 0.3) is 0 Å². The lowest BCUT2D eigenvalue weighted by Crippen LogP contribution is -2.14. The fourth-order valence-electron chi connectivity index (χ4n) is 1.68. The third-order valence-corrected chi connectivity index (χ3v) is 2.64. The van der Waals surface area contributed by atoms with E-state index in [9.17, 15) is 4.79 Å². The zero-order valence-electron chi connectivity index (χ0n) is 12.0. The highest BCUT2D eigenvalue weighted by Crippen LogP contribution is 2.19. The number of para-hydroxylation sites is 1. The summed E-state index contributed by atoms with van der Waals surface area (Å²) in [5.41, 5.74) is 0.497. The Labute approximate surface area is 115 Å². The van der Waals surface area contributed by atoms with Gasteiger partial charge in [0, 0.05) is 0 Å². The van der Waals surface area contributed by atoms with Crippen LogP contribution in [0.1, 0.15) is 30.1 Å². The lowest BCUT2D eigenvalue weighted by molar-refractivity contribution is 0.0521. The number of ether oxygens (including phenoxy) is 2. The van der Waals surface area contributed by atoms with Crippen LogP contribution in [-0.4, -0.2) is 44.7 Å². The summed E-state index contributed by atoms with van der Waals surface area (Å²) in [5, 5.41) is 0. The van der Waals surface area contributed by atoms with E-state index in [0.717, 1.165) is 19.4 Å². The third-order valence-electron chi connectivity index (χ3n) is 2.64. The molecule has 0 aromatic heterocycles. The summed E-state index contributed by atoms with van der Waals surface area (Å²) in [6, 6.07) is 7.20. The van der Waals surface area contributed by atoms with Gasteiger partial charge in [0.25, 0.3) is 0 Å². The van der Waals surface area contributed by atoms with Crippen LogP contribution in [0, 0.1) is 0 Å². The molecule has 0 aliphatic heterocycles. The normalized spacial score (nSPS) is 10.5. The molecular weight excluding hydrogens is 242 g/mol. The average molecular weight is 265 g/mol. The first kappa shape index (κ1) is 15.5. The number of carbonyl (C=O) groups is 1. The highest BCUT2D eigenvalue weighted by atomic mass is 16.5. The molecule has 0 saturated heterocycles. The summed E-state index contributed by atoms with van der Waals surface area (Å²) in [6.45, 7) is 3.83. The molecule has 0 unspecified atom stereocenters. The van der Waals surface area contributed by atoms with Crippen molar-refractivity contribution >= 4 is 5.97 Å². The Kier molecular flexibility index (Phi) is 6.97. The molecule has 4 heteroatoms. The first-order valence-corrected chi connectivity index (χ1v) is 6.68. The van der Waals surface area contributed by atoms with Gasteiger partial charge in [-0.05, 0) is 52.5 Å². The molecule has 1 aromatic rings. The summed E-state index contributed by atoms with van der Waals surface area (Å²) in [4.78, 5) is 13.9. The number of unbranched alkanes of at least 4 members (excludes halogenated alkanes) is 1. The van der Waals surface area contributed by atoms with E-state index in [4.69, 9.17) is 9.47 Å². The van der Waals surface area contributed by atoms with Gasteiger partial charge in [0.1, 0.15) is 11.3 Å². The largest absolute Gasteiger partial charge is 0.493 e. The molecule has 0 atom stereocenters. The number of hydrogen-bond acceptors (Lipinski definition) is 4. The van der Waals surface area contributed by atoms with Gasteiger partial charge in [-0.25, -0.2) is 4.79 Å². The number of carbonyl (C=O) groups excluding carboxylic acids is 1. The maximum atomic E-state index is 11.7. The van der Waals surface area contributed by atoms with Gasteiger partial charge in [-0.2, -0.15) is 0 Å². The van der Waals surface area contributed by atoms with Crippen molar-refractivity contribution in [1.29, 1.82) is 0 Å². The standard InChI is InChI=1S/C15H23NO3/c1-4-18-15(17)13-9-5-6-10-14(13)19-12-8-7-11-16(2)3/h5-6,9-10H,4,7-8,11-12H2,1-3H3. The van der Waals surface area contributed by atoms with E-state index >= 15 is 0 Å². The van der Waals surface area contributed by atoms with Crippen molar-refractivity contribution in [2.24, 2.45) is 0 Å². The number of rotatable bonds is 8. The molecule has 0 saturated carbocycles. The van der Waals surface area contributed by atoms with Gasteiger partial charge in [0.2, 0.25) is 0 Å². The zero-order valence-corrected chi connectivity index (χ0v) is 12.0. The molecule has 1 rings (SSSR count). The van der Waals surface area contributed by atoms with Crippen LogP contribution in [0.2, 0.25) is 0 Å². The van der Waals surface area contributed by atoms with Crippen molar-refractivity contribution in [1.82, 2.24) is 4.90 Å². The zero-order chi connectivity index (χ0) is 14.1. The van der Waals surface area contributed by atoms with Crippen LogP contribution in [-0.2, 0) is 4.74 Å². The van der Waals surface area contributed by atoms with Crippen molar-refractivity contribution in [3.05, 3.63) is 29.8 Å². The van der Waals surface area contributed by atoms with E-state index in [1.807, 2.05) is 12.1 Å². The molecule has 0 amide bonds. The summed E-state index contributed by atoms with van der Waals surface area (Å²) in [7, 11) is 4.10. The Morgan fingerprint density at radius 3 is 2.63 bits per heavy atom. The minimum absolute atomic E-state index is 0.327. The van der Waals surface area contributed by atoms with Crippen LogP contribution in [0.4, 0.5) is 0 Å². The van der Waals surface area contributed by atoms with Crippen molar-refractivity contribution in [3.63, 3.8) is 0 Å². The second-order valence-electron chi connectivity index (χ2n) is 4.58. The minimum atomic E-state index is -0.327. The Morgan fingerprint density at radius 2 is 1.95 bits per heavy atom. The predicted molar refractivity (Wildman–Crippen MR) is 75.7 cm³/mol. The van der Waals surface area contributed by atoms with Crippen LogP contribution in [0.3, 0.4) is 0 Å². The molecule has 0 bridgehead atoms. The van der Waals surface area contributed by atoms with Crippen molar-refractivity contribution < 1.29 is 14.3 Å². The molecule has 0 fully saturated rings. The summed E-state index contributed by atoms with van der Waals surface area (Å²) >= 11 is 0. The third kappa shape index (κ3) is 5.75. The van der Waals surface area contributed by atoms with Gasteiger partial charge in [-0.15, -0.1) is 0 Å². The monoisotopic (exact) mass is 265 g/mol. The van der Waals surface area contributed by atoms with Crippen molar-refractivity contribution in [3.8, 4) is 5.75 Å². The second kappa shape index (κ2) is 8.53. The Balaban J connectivity index is 2.47. The molecular formula is C15H23NO3. The van der Waals surface area contributed by atoms with E-state index in [0.29, 0.717) is 24.5 Å². The molecule has 0 aliphatic rings. The van der Waals surface area contributed by atoms with Gasteiger partial charge in [-0.3, -0.25) is 0 Å². The van der Waals surface area contributed by atoms with Crippen LogP contribution < -0.4 is 4.74 Å². The van der Waals surface area contributed by atoms with E-state index < -0.39 is 0 Å².